The Labute approximate surface area is 178 Å². The molecule has 160 valence electrons. The number of amides is 1. The van der Waals surface area contributed by atoms with Gasteiger partial charge in [0.15, 0.2) is 0 Å². The summed E-state index contributed by atoms with van der Waals surface area (Å²) in [5.74, 6) is -0.183. The number of aromatic amines is 1. The highest BCUT2D eigenvalue weighted by molar-refractivity contribution is 7.88. The number of H-pyrrole nitrogens is 1. The summed E-state index contributed by atoms with van der Waals surface area (Å²) < 4.78 is 25.4. The first-order valence-corrected chi connectivity index (χ1v) is 12.0. The van der Waals surface area contributed by atoms with E-state index in [0.29, 0.717) is 32.5 Å². The van der Waals surface area contributed by atoms with Gasteiger partial charge in [-0.3, -0.25) is 4.79 Å². The van der Waals surface area contributed by atoms with E-state index in [-0.39, 0.29) is 12.5 Å². The Morgan fingerprint density at radius 3 is 2.40 bits per heavy atom. The number of nitrogens with one attached hydrogen (secondary N) is 1. The molecule has 0 spiro atoms. The molecule has 6 nitrogen and oxygen atoms in total. The van der Waals surface area contributed by atoms with E-state index < -0.39 is 10.0 Å². The second kappa shape index (κ2) is 9.91. The van der Waals surface area contributed by atoms with Crippen molar-refractivity contribution < 1.29 is 13.2 Å². The maximum atomic E-state index is 13.1. The number of fused-ring (bicyclic) bond motifs is 1. The van der Waals surface area contributed by atoms with Crippen molar-refractivity contribution in [1.82, 2.24) is 14.2 Å². The standard InChI is InChI=1S/C23H29N3O3S/c1-3-14-26(30(2,28)29)18-23(27)25(17-19-9-5-4-6-10-19)15-13-20-16-24-22-12-8-7-11-21(20)22/h4-12,16,24H,3,13-15,17-18H2,1-2H3. The van der Waals surface area contributed by atoms with Gasteiger partial charge in [-0.05, 0) is 30.0 Å². The summed E-state index contributed by atoms with van der Waals surface area (Å²) in [4.78, 5) is 18.1. The van der Waals surface area contributed by atoms with Crippen LogP contribution in [0.25, 0.3) is 10.9 Å². The Kier molecular flexibility index (Phi) is 7.29. The molecule has 7 heteroatoms. The van der Waals surface area contributed by atoms with E-state index in [1.54, 1.807) is 4.90 Å². The average molecular weight is 428 g/mol. The number of sulfonamides is 1. The van der Waals surface area contributed by atoms with Crippen molar-refractivity contribution in [2.45, 2.75) is 26.3 Å². The lowest BCUT2D eigenvalue weighted by Crippen LogP contribution is -2.43. The fourth-order valence-corrected chi connectivity index (χ4v) is 4.41. The van der Waals surface area contributed by atoms with Gasteiger partial charge in [-0.15, -0.1) is 0 Å². The third-order valence-electron chi connectivity index (χ3n) is 5.15. The number of nitrogens with zero attached hydrogens (tertiary/aromatic N) is 2. The van der Waals surface area contributed by atoms with Gasteiger partial charge >= 0.3 is 0 Å². The molecule has 0 bridgehead atoms. The molecule has 30 heavy (non-hydrogen) atoms. The van der Waals surface area contributed by atoms with Crippen molar-refractivity contribution >= 4 is 26.8 Å². The highest BCUT2D eigenvalue weighted by Gasteiger charge is 2.23. The van der Waals surface area contributed by atoms with Gasteiger partial charge in [0.05, 0.1) is 12.8 Å². The van der Waals surface area contributed by atoms with Crippen LogP contribution < -0.4 is 0 Å². The zero-order valence-corrected chi connectivity index (χ0v) is 18.4. The van der Waals surface area contributed by atoms with Gasteiger partial charge in [0.2, 0.25) is 15.9 Å². The van der Waals surface area contributed by atoms with E-state index in [1.165, 1.54) is 4.31 Å². The number of rotatable bonds is 10. The number of aromatic nitrogens is 1. The Balaban J connectivity index is 1.78. The van der Waals surface area contributed by atoms with Crippen LogP contribution in [0.1, 0.15) is 24.5 Å². The minimum atomic E-state index is -3.43. The van der Waals surface area contributed by atoms with Crippen molar-refractivity contribution in [3.05, 3.63) is 71.9 Å². The molecule has 3 aromatic rings. The van der Waals surface area contributed by atoms with Gasteiger partial charge in [0.1, 0.15) is 0 Å². The predicted octanol–water partition coefficient (Wildman–Crippen LogP) is 3.41. The van der Waals surface area contributed by atoms with Crippen LogP contribution in [0.5, 0.6) is 0 Å². The molecule has 0 aliphatic carbocycles. The molecule has 0 fully saturated rings. The van der Waals surface area contributed by atoms with E-state index in [9.17, 15) is 13.2 Å². The zero-order valence-electron chi connectivity index (χ0n) is 17.5. The van der Waals surface area contributed by atoms with Gasteiger partial charge < -0.3 is 9.88 Å². The van der Waals surface area contributed by atoms with Gasteiger partial charge in [-0.2, -0.15) is 4.31 Å². The molecule has 0 saturated heterocycles. The quantitative estimate of drug-likeness (QED) is 0.539. The van der Waals surface area contributed by atoms with Gasteiger partial charge in [0, 0.05) is 36.7 Å². The van der Waals surface area contributed by atoms with Crippen molar-refractivity contribution in [3.8, 4) is 0 Å². The van der Waals surface area contributed by atoms with Crippen molar-refractivity contribution in [2.75, 3.05) is 25.9 Å². The smallest absolute Gasteiger partial charge is 0.238 e. The third-order valence-corrected chi connectivity index (χ3v) is 6.40. The Hall–Kier alpha value is -2.64. The van der Waals surface area contributed by atoms with Crippen LogP contribution in [0.4, 0.5) is 0 Å². The molecule has 2 aromatic carbocycles. The molecule has 0 atom stereocenters. The molecule has 1 aromatic heterocycles. The first-order chi connectivity index (χ1) is 14.4. The number of hydrogen-bond acceptors (Lipinski definition) is 3. The van der Waals surface area contributed by atoms with Crippen LogP contribution in [0.15, 0.2) is 60.8 Å². The first-order valence-electron chi connectivity index (χ1n) is 10.2. The molecule has 1 heterocycles. The monoisotopic (exact) mass is 427 g/mol. The second-order valence-corrected chi connectivity index (χ2v) is 9.49. The molecule has 0 unspecified atom stereocenters. The highest BCUT2D eigenvalue weighted by atomic mass is 32.2. The Morgan fingerprint density at radius 2 is 1.70 bits per heavy atom. The lowest BCUT2D eigenvalue weighted by Gasteiger charge is -2.26. The van der Waals surface area contributed by atoms with E-state index >= 15 is 0 Å². The molecule has 0 saturated carbocycles. The minimum Gasteiger partial charge on any atom is -0.361 e. The molecular formula is C23H29N3O3S. The molecule has 0 aliphatic heterocycles. The van der Waals surface area contributed by atoms with Gasteiger partial charge in [-0.1, -0.05) is 55.5 Å². The van der Waals surface area contributed by atoms with Crippen LogP contribution in [-0.2, 0) is 27.8 Å². The van der Waals surface area contributed by atoms with Crippen molar-refractivity contribution in [2.24, 2.45) is 0 Å². The topological polar surface area (TPSA) is 73.5 Å². The summed E-state index contributed by atoms with van der Waals surface area (Å²) in [6.07, 6.45) is 4.49. The second-order valence-electron chi connectivity index (χ2n) is 7.51. The average Bonchev–Trinajstić information content (AvgIpc) is 3.14. The van der Waals surface area contributed by atoms with E-state index in [4.69, 9.17) is 0 Å². The number of benzene rings is 2. The minimum absolute atomic E-state index is 0.132. The molecule has 0 aliphatic rings. The molecule has 0 radical (unpaired) electrons. The summed E-state index contributed by atoms with van der Waals surface area (Å²) >= 11 is 0. The number of carbonyl (C=O) groups excluding carboxylic acids is 1. The van der Waals surface area contributed by atoms with Crippen molar-refractivity contribution in [3.63, 3.8) is 0 Å². The van der Waals surface area contributed by atoms with Crippen LogP contribution in [0.2, 0.25) is 0 Å². The summed E-state index contributed by atoms with van der Waals surface area (Å²) in [7, 11) is -3.43. The zero-order chi connectivity index (χ0) is 21.6. The predicted molar refractivity (Wildman–Crippen MR) is 121 cm³/mol. The van der Waals surface area contributed by atoms with Crippen molar-refractivity contribution in [1.29, 1.82) is 0 Å². The highest BCUT2D eigenvalue weighted by Crippen LogP contribution is 2.19. The maximum absolute atomic E-state index is 13.1. The largest absolute Gasteiger partial charge is 0.361 e. The Bertz CT molecular complexity index is 1080. The maximum Gasteiger partial charge on any atom is 0.238 e. The fourth-order valence-electron chi connectivity index (χ4n) is 3.55. The van der Waals surface area contributed by atoms with Gasteiger partial charge in [0.25, 0.3) is 0 Å². The lowest BCUT2D eigenvalue weighted by atomic mass is 10.1. The Morgan fingerprint density at radius 1 is 1.00 bits per heavy atom. The van der Waals surface area contributed by atoms with Gasteiger partial charge in [-0.25, -0.2) is 8.42 Å². The first kappa shape index (κ1) is 22.1. The lowest BCUT2D eigenvalue weighted by molar-refractivity contribution is -0.132. The number of para-hydroxylation sites is 1. The summed E-state index contributed by atoms with van der Waals surface area (Å²) in [5.41, 5.74) is 3.23. The molecular weight excluding hydrogens is 398 g/mol. The fraction of sp³-hybridized carbons (Fsp3) is 0.348. The number of hydrogen-bond donors (Lipinski definition) is 1. The van der Waals surface area contributed by atoms with E-state index in [2.05, 4.69) is 11.1 Å². The van der Waals surface area contributed by atoms with E-state index in [0.717, 1.165) is 28.3 Å². The molecule has 1 N–H and O–H groups in total. The summed E-state index contributed by atoms with van der Waals surface area (Å²) in [6.45, 7) is 3.08. The van der Waals surface area contributed by atoms with Crippen LogP contribution in [0.3, 0.4) is 0 Å². The SMILES string of the molecule is CCCN(CC(=O)N(CCc1c[nH]c2ccccc12)Cc1ccccc1)S(C)(=O)=O. The third kappa shape index (κ3) is 5.70. The van der Waals surface area contributed by atoms with Crippen LogP contribution in [0, 0.1) is 0 Å². The summed E-state index contributed by atoms with van der Waals surface area (Å²) in [5, 5.41) is 1.15. The molecule has 1 amide bonds. The summed E-state index contributed by atoms with van der Waals surface area (Å²) in [6, 6.07) is 17.9. The normalized spacial score (nSPS) is 11.8. The van der Waals surface area contributed by atoms with Crippen LogP contribution in [-0.4, -0.2) is 54.4 Å². The number of carbonyl (C=O) groups is 1. The molecule has 3 rings (SSSR count). The van der Waals surface area contributed by atoms with Crippen LogP contribution >= 0.6 is 0 Å². The van der Waals surface area contributed by atoms with E-state index in [1.807, 2.05) is 61.7 Å².